The number of nitrogens with one attached hydrogen (secondary N) is 1. The molecule has 1 fully saturated rings. The lowest BCUT2D eigenvalue weighted by Gasteiger charge is -2.30. The lowest BCUT2D eigenvalue weighted by atomic mass is 10.1. The van der Waals surface area contributed by atoms with Crippen molar-refractivity contribution in [2.24, 2.45) is 0 Å². The van der Waals surface area contributed by atoms with Gasteiger partial charge in [0.25, 0.3) is 11.8 Å². The standard InChI is InChI=1S/C22H24N4O3S/c1-14-10-15(2)12-17(11-14)26(22(28)18-13-30-25-24-18)20(19-8-5-9-29-19)21(27)23-16-6-3-4-7-16/h5,8-13,16,20H,3-4,6-7H2,1-2H3,(H,23,27)/t20-/m1/s1. The van der Waals surface area contributed by atoms with Gasteiger partial charge in [-0.2, -0.15) is 0 Å². The molecule has 1 aliphatic rings. The molecule has 2 amide bonds. The Morgan fingerprint density at radius 1 is 1.20 bits per heavy atom. The third kappa shape index (κ3) is 4.28. The number of amides is 2. The Bertz CT molecular complexity index is 991. The minimum absolute atomic E-state index is 0.118. The van der Waals surface area contributed by atoms with Gasteiger partial charge in [0.05, 0.1) is 6.26 Å². The van der Waals surface area contributed by atoms with Crippen LogP contribution in [-0.2, 0) is 4.79 Å². The molecule has 1 N–H and O–H groups in total. The van der Waals surface area contributed by atoms with Gasteiger partial charge >= 0.3 is 0 Å². The highest BCUT2D eigenvalue weighted by molar-refractivity contribution is 7.03. The molecule has 156 valence electrons. The number of hydrogen-bond acceptors (Lipinski definition) is 6. The second kappa shape index (κ2) is 8.79. The molecule has 0 bridgehead atoms. The van der Waals surface area contributed by atoms with Gasteiger partial charge in [-0.15, -0.1) is 5.10 Å². The molecule has 4 rings (SSSR count). The molecule has 1 aromatic carbocycles. The lowest BCUT2D eigenvalue weighted by Crippen LogP contribution is -2.46. The van der Waals surface area contributed by atoms with Gasteiger partial charge in [-0.3, -0.25) is 14.5 Å². The average Bonchev–Trinajstić information content (AvgIpc) is 3.48. The van der Waals surface area contributed by atoms with Crippen LogP contribution in [0.2, 0.25) is 0 Å². The molecule has 1 aliphatic carbocycles. The van der Waals surface area contributed by atoms with Crippen molar-refractivity contribution >= 4 is 29.0 Å². The fourth-order valence-corrected chi connectivity index (χ4v) is 4.46. The molecule has 0 unspecified atom stereocenters. The van der Waals surface area contributed by atoms with Crippen molar-refractivity contribution in [3.63, 3.8) is 0 Å². The predicted molar refractivity (Wildman–Crippen MR) is 114 cm³/mol. The van der Waals surface area contributed by atoms with Gasteiger partial charge in [0.1, 0.15) is 5.76 Å². The second-order valence-corrected chi connectivity index (χ2v) is 8.33. The normalized spacial score (nSPS) is 15.1. The van der Waals surface area contributed by atoms with Crippen LogP contribution in [0.5, 0.6) is 0 Å². The smallest absolute Gasteiger partial charge is 0.280 e. The highest BCUT2D eigenvalue weighted by Crippen LogP contribution is 2.32. The molecule has 0 saturated heterocycles. The van der Waals surface area contributed by atoms with Crippen LogP contribution in [0.4, 0.5) is 5.69 Å². The van der Waals surface area contributed by atoms with Crippen molar-refractivity contribution in [1.29, 1.82) is 0 Å². The number of anilines is 1. The van der Waals surface area contributed by atoms with E-state index in [9.17, 15) is 9.59 Å². The van der Waals surface area contributed by atoms with Gasteiger partial charge in [0.2, 0.25) is 0 Å². The van der Waals surface area contributed by atoms with E-state index in [2.05, 4.69) is 14.9 Å². The lowest BCUT2D eigenvalue weighted by molar-refractivity contribution is -0.123. The third-order valence-corrected chi connectivity index (χ3v) is 5.81. The molecule has 0 spiro atoms. The summed E-state index contributed by atoms with van der Waals surface area (Å²) in [5, 5.41) is 8.66. The van der Waals surface area contributed by atoms with Crippen LogP contribution in [-0.4, -0.2) is 27.4 Å². The van der Waals surface area contributed by atoms with E-state index in [1.807, 2.05) is 32.0 Å². The van der Waals surface area contributed by atoms with E-state index in [4.69, 9.17) is 4.42 Å². The Hall–Kier alpha value is -3.00. The largest absolute Gasteiger partial charge is 0.467 e. The number of benzene rings is 1. The molecule has 8 heteroatoms. The molecule has 3 aromatic rings. The number of rotatable bonds is 6. The number of carbonyl (C=O) groups is 2. The van der Waals surface area contributed by atoms with Crippen molar-refractivity contribution in [3.8, 4) is 0 Å². The Labute approximate surface area is 179 Å². The number of furan rings is 1. The zero-order valence-electron chi connectivity index (χ0n) is 17.0. The van der Waals surface area contributed by atoms with Crippen molar-refractivity contribution in [3.05, 3.63) is 64.6 Å². The molecule has 30 heavy (non-hydrogen) atoms. The zero-order chi connectivity index (χ0) is 21.1. The highest BCUT2D eigenvalue weighted by atomic mass is 32.1. The molecular formula is C22H24N4O3S. The summed E-state index contributed by atoms with van der Waals surface area (Å²) < 4.78 is 9.45. The number of hydrogen-bond donors (Lipinski definition) is 1. The maximum Gasteiger partial charge on any atom is 0.280 e. The van der Waals surface area contributed by atoms with Crippen LogP contribution in [0.3, 0.4) is 0 Å². The first kappa shape index (κ1) is 20.3. The Morgan fingerprint density at radius 2 is 1.93 bits per heavy atom. The zero-order valence-corrected chi connectivity index (χ0v) is 17.8. The first-order valence-corrected chi connectivity index (χ1v) is 10.9. The summed E-state index contributed by atoms with van der Waals surface area (Å²) in [6, 6.07) is 8.42. The van der Waals surface area contributed by atoms with E-state index in [1.54, 1.807) is 17.5 Å². The quantitative estimate of drug-likeness (QED) is 0.641. The van der Waals surface area contributed by atoms with Crippen LogP contribution in [0.1, 0.15) is 59.1 Å². The summed E-state index contributed by atoms with van der Waals surface area (Å²) in [5.41, 5.74) is 2.81. The summed E-state index contributed by atoms with van der Waals surface area (Å²) in [6.07, 6.45) is 5.61. The number of nitrogens with zero attached hydrogens (tertiary/aromatic N) is 3. The van der Waals surface area contributed by atoms with Gasteiger partial charge < -0.3 is 9.73 Å². The van der Waals surface area contributed by atoms with Crippen LogP contribution in [0.25, 0.3) is 0 Å². The van der Waals surface area contributed by atoms with Crippen molar-refractivity contribution in [1.82, 2.24) is 14.9 Å². The van der Waals surface area contributed by atoms with Crippen LogP contribution in [0.15, 0.2) is 46.4 Å². The van der Waals surface area contributed by atoms with E-state index in [0.717, 1.165) is 48.3 Å². The maximum absolute atomic E-state index is 13.5. The fraction of sp³-hybridized carbons (Fsp3) is 0.364. The average molecular weight is 425 g/mol. The first-order chi connectivity index (χ1) is 14.5. The van der Waals surface area contributed by atoms with Gasteiger partial charge in [-0.05, 0) is 73.6 Å². The van der Waals surface area contributed by atoms with Crippen LogP contribution >= 0.6 is 11.5 Å². The van der Waals surface area contributed by atoms with E-state index >= 15 is 0 Å². The fourth-order valence-electron chi connectivity index (χ4n) is 4.03. The molecule has 7 nitrogen and oxygen atoms in total. The molecule has 1 saturated carbocycles. The minimum Gasteiger partial charge on any atom is -0.467 e. The van der Waals surface area contributed by atoms with Gasteiger partial charge in [-0.25, -0.2) is 0 Å². The topological polar surface area (TPSA) is 88.3 Å². The Morgan fingerprint density at radius 3 is 2.53 bits per heavy atom. The monoisotopic (exact) mass is 424 g/mol. The Balaban J connectivity index is 1.79. The first-order valence-electron chi connectivity index (χ1n) is 10.1. The van der Waals surface area contributed by atoms with E-state index < -0.39 is 11.9 Å². The third-order valence-electron chi connectivity index (χ3n) is 5.30. The van der Waals surface area contributed by atoms with E-state index in [0.29, 0.717) is 11.4 Å². The minimum atomic E-state index is -0.948. The second-order valence-electron chi connectivity index (χ2n) is 7.72. The summed E-state index contributed by atoms with van der Waals surface area (Å²) in [6.45, 7) is 3.92. The number of aromatic nitrogens is 2. The predicted octanol–water partition coefficient (Wildman–Crippen LogP) is 4.19. The van der Waals surface area contributed by atoms with Crippen molar-refractivity contribution in [2.45, 2.75) is 51.6 Å². The SMILES string of the molecule is Cc1cc(C)cc(N(C(=O)c2csnn2)[C@@H](C(=O)NC2CCCC2)c2ccco2)c1. The highest BCUT2D eigenvalue weighted by Gasteiger charge is 2.37. The van der Waals surface area contributed by atoms with E-state index in [1.165, 1.54) is 11.2 Å². The number of aryl methyl sites for hydroxylation is 2. The molecule has 2 aromatic heterocycles. The molecule has 0 radical (unpaired) electrons. The summed E-state index contributed by atoms with van der Waals surface area (Å²) in [4.78, 5) is 28.4. The van der Waals surface area contributed by atoms with Crippen molar-refractivity contribution in [2.75, 3.05) is 4.90 Å². The molecule has 1 atom stereocenters. The van der Waals surface area contributed by atoms with Gasteiger partial charge in [0, 0.05) is 17.1 Å². The molecule has 0 aliphatic heterocycles. The van der Waals surface area contributed by atoms with Crippen molar-refractivity contribution < 1.29 is 14.0 Å². The Kier molecular flexibility index (Phi) is 5.94. The van der Waals surface area contributed by atoms with Crippen LogP contribution in [0, 0.1) is 13.8 Å². The maximum atomic E-state index is 13.5. The van der Waals surface area contributed by atoms with E-state index in [-0.39, 0.29) is 17.6 Å². The van der Waals surface area contributed by atoms with Gasteiger partial charge in [0.15, 0.2) is 11.7 Å². The summed E-state index contributed by atoms with van der Waals surface area (Å²) >= 11 is 1.10. The van der Waals surface area contributed by atoms with Gasteiger partial charge in [-0.1, -0.05) is 23.4 Å². The molecular weight excluding hydrogens is 400 g/mol. The summed E-state index contributed by atoms with van der Waals surface area (Å²) in [5.74, 6) is -0.245. The summed E-state index contributed by atoms with van der Waals surface area (Å²) in [7, 11) is 0. The van der Waals surface area contributed by atoms with Crippen LogP contribution < -0.4 is 10.2 Å². The number of carbonyl (C=O) groups excluding carboxylic acids is 2. The molecule has 2 heterocycles.